The predicted molar refractivity (Wildman–Crippen MR) is 59.2 cm³/mol. The van der Waals surface area contributed by atoms with Crippen molar-refractivity contribution in [2.45, 2.75) is 12.6 Å². The topological polar surface area (TPSA) is 87.7 Å². The van der Waals surface area contributed by atoms with Crippen molar-refractivity contribution in [2.24, 2.45) is 5.11 Å². The fourth-order valence-corrected chi connectivity index (χ4v) is 1.04. The van der Waals surface area contributed by atoms with Gasteiger partial charge in [0.2, 0.25) is 0 Å². The van der Waals surface area contributed by atoms with E-state index >= 15 is 0 Å². The molecular weight excluding hydrogens is 247 g/mol. The molecule has 2 N–H and O–H groups in total. The lowest BCUT2D eigenvalue weighted by atomic mass is 10.2. The van der Waals surface area contributed by atoms with Crippen LogP contribution in [-0.2, 0) is 6.18 Å². The van der Waals surface area contributed by atoms with Crippen molar-refractivity contribution in [1.82, 2.24) is 4.98 Å². The number of alkyl halides is 3. The van der Waals surface area contributed by atoms with E-state index < -0.39 is 11.7 Å². The third-order valence-electron chi connectivity index (χ3n) is 1.87. The fourth-order valence-electron chi connectivity index (χ4n) is 1.04. The highest BCUT2D eigenvalue weighted by molar-refractivity contribution is 5.52. The second kappa shape index (κ2) is 5.80. The van der Waals surface area contributed by atoms with Crippen molar-refractivity contribution in [3.05, 3.63) is 33.8 Å². The van der Waals surface area contributed by atoms with E-state index in [1.807, 2.05) is 0 Å². The van der Waals surface area contributed by atoms with E-state index in [-0.39, 0.29) is 24.3 Å². The van der Waals surface area contributed by atoms with Crippen LogP contribution in [0.1, 0.15) is 17.5 Å². The van der Waals surface area contributed by atoms with Crippen LogP contribution >= 0.6 is 0 Å². The highest BCUT2D eigenvalue weighted by atomic mass is 19.4. The van der Waals surface area contributed by atoms with Crippen molar-refractivity contribution < 1.29 is 13.2 Å². The van der Waals surface area contributed by atoms with Crippen molar-refractivity contribution in [2.75, 3.05) is 12.3 Å². The Bertz CT molecular complexity index is 535. The number of azide groups is 1. The molecule has 0 amide bonds. The second-order valence-corrected chi connectivity index (χ2v) is 3.16. The molecule has 1 heterocycles. The minimum absolute atomic E-state index is 0.00534. The SMILES string of the molecule is [N-]=[N+]=NCCC#Cc1cc(C(F)(F)F)cnc1N. The van der Waals surface area contributed by atoms with Crippen LogP contribution in [0.4, 0.5) is 19.0 Å². The van der Waals surface area contributed by atoms with Crippen molar-refractivity contribution >= 4 is 5.82 Å². The zero-order chi connectivity index (χ0) is 13.6. The van der Waals surface area contributed by atoms with Gasteiger partial charge in [0.25, 0.3) is 0 Å². The highest BCUT2D eigenvalue weighted by Crippen LogP contribution is 2.29. The Hall–Kier alpha value is -2.39. The van der Waals surface area contributed by atoms with Gasteiger partial charge in [0.1, 0.15) is 5.82 Å². The van der Waals surface area contributed by atoms with Crippen molar-refractivity contribution in [3.63, 3.8) is 0 Å². The molecule has 94 valence electrons. The molecule has 0 saturated carbocycles. The van der Waals surface area contributed by atoms with Crippen LogP contribution in [0.25, 0.3) is 10.4 Å². The molecule has 0 radical (unpaired) electrons. The normalized spacial score (nSPS) is 10.2. The van der Waals surface area contributed by atoms with Crippen molar-refractivity contribution in [3.8, 4) is 11.8 Å². The molecule has 0 atom stereocenters. The largest absolute Gasteiger partial charge is 0.417 e. The molecule has 1 rings (SSSR count). The highest BCUT2D eigenvalue weighted by Gasteiger charge is 2.31. The van der Waals surface area contributed by atoms with E-state index in [2.05, 4.69) is 26.9 Å². The molecule has 0 bridgehead atoms. The van der Waals surface area contributed by atoms with Gasteiger partial charge in [-0.2, -0.15) is 13.2 Å². The summed E-state index contributed by atoms with van der Waals surface area (Å²) in [5.41, 5.74) is 12.5. The second-order valence-electron chi connectivity index (χ2n) is 3.16. The van der Waals surface area contributed by atoms with E-state index in [0.29, 0.717) is 6.20 Å². The molecule has 0 spiro atoms. The van der Waals surface area contributed by atoms with Crippen LogP contribution < -0.4 is 5.73 Å². The summed E-state index contributed by atoms with van der Waals surface area (Å²) in [7, 11) is 0. The Morgan fingerprint density at radius 3 is 2.83 bits per heavy atom. The first kappa shape index (κ1) is 13.7. The minimum Gasteiger partial charge on any atom is -0.383 e. The van der Waals surface area contributed by atoms with Crippen molar-refractivity contribution in [1.29, 1.82) is 0 Å². The van der Waals surface area contributed by atoms with E-state index in [1.165, 1.54) is 0 Å². The van der Waals surface area contributed by atoms with Gasteiger partial charge in [-0.15, -0.1) is 0 Å². The number of halogens is 3. The summed E-state index contributed by atoms with van der Waals surface area (Å²) >= 11 is 0. The average Bonchev–Trinajstić information content (AvgIpc) is 2.29. The van der Waals surface area contributed by atoms with Crippen LogP contribution in [0.2, 0.25) is 0 Å². The van der Waals surface area contributed by atoms with Crippen LogP contribution in [0.15, 0.2) is 17.4 Å². The maximum absolute atomic E-state index is 12.4. The van der Waals surface area contributed by atoms with E-state index in [1.54, 1.807) is 0 Å². The number of hydrogen-bond acceptors (Lipinski definition) is 3. The van der Waals surface area contributed by atoms with Gasteiger partial charge in [-0.1, -0.05) is 17.0 Å². The Morgan fingerprint density at radius 2 is 2.22 bits per heavy atom. The number of hydrogen-bond donors (Lipinski definition) is 1. The van der Waals surface area contributed by atoms with Gasteiger partial charge in [0, 0.05) is 24.1 Å². The standard InChI is InChI=1S/C10H8F3N5/c11-10(12,13)8-5-7(9(14)16-6-8)3-1-2-4-17-18-15/h5-6H,2,4H2,(H2,14,16). The number of nitrogens with two attached hydrogens (primary N) is 1. The van der Waals surface area contributed by atoms with Gasteiger partial charge in [-0.3, -0.25) is 0 Å². The Balaban J connectivity index is 2.91. The zero-order valence-electron chi connectivity index (χ0n) is 9.07. The fraction of sp³-hybridized carbons (Fsp3) is 0.300. The minimum atomic E-state index is -4.48. The Kier molecular flexibility index (Phi) is 4.40. The lowest BCUT2D eigenvalue weighted by Gasteiger charge is -2.06. The van der Waals surface area contributed by atoms with Crippen LogP contribution in [0.3, 0.4) is 0 Å². The summed E-state index contributed by atoms with van der Waals surface area (Å²) in [6.45, 7) is 0.149. The molecule has 1 aromatic heterocycles. The summed E-state index contributed by atoms with van der Waals surface area (Å²) in [6, 6.07) is 0.836. The number of rotatable bonds is 2. The Labute approximate surface area is 100 Å². The lowest BCUT2D eigenvalue weighted by molar-refractivity contribution is -0.137. The number of pyridine rings is 1. The summed E-state index contributed by atoms with van der Waals surface area (Å²) in [5, 5.41) is 3.23. The Morgan fingerprint density at radius 1 is 1.50 bits per heavy atom. The van der Waals surface area contributed by atoms with E-state index in [9.17, 15) is 13.2 Å². The van der Waals surface area contributed by atoms with Crippen LogP contribution in [0.5, 0.6) is 0 Å². The third-order valence-corrected chi connectivity index (χ3v) is 1.87. The molecule has 0 saturated heterocycles. The number of anilines is 1. The number of nitrogens with zero attached hydrogens (tertiary/aromatic N) is 4. The number of aromatic nitrogens is 1. The summed E-state index contributed by atoms with van der Waals surface area (Å²) in [4.78, 5) is 5.95. The molecule has 0 aromatic carbocycles. The molecule has 0 aliphatic carbocycles. The van der Waals surface area contributed by atoms with Gasteiger partial charge < -0.3 is 5.73 Å². The average molecular weight is 255 g/mol. The molecule has 0 fully saturated rings. The third kappa shape index (κ3) is 3.88. The molecule has 1 aromatic rings. The monoisotopic (exact) mass is 255 g/mol. The molecular formula is C10H8F3N5. The van der Waals surface area contributed by atoms with Crippen LogP contribution in [-0.4, -0.2) is 11.5 Å². The molecule has 8 heteroatoms. The zero-order valence-corrected chi connectivity index (χ0v) is 9.07. The van der Waals surface area contributed by atoms with Gasteiger partial charge in [0.15, 0.2) is 0 Å². The smallest absolute Gasteiger partial charge is 0.383 e. The quantitative estimate of drug-likeness (QED) is 0.289. The van der Waals surface area contributed by atoms with Gasteiger partial charge in [0.05, 0.1) is 11.1 Å². The molecule has 0 aliphatic rings. The summed E-state index contributed by atoms with van der Waals surface area (Å²) < 4.78 is 37.2. The maximum atomic E-state index is 12.4. The first-order valence-electron chi connectivity index (χ1n) is 4.77. The first-order chi connectivity index (χ1) is 8.45. The molecule has 5 nitrogen and oxygen atoms in total. The van der Waals surface area contributed by atoms with Crippen LogP contribution in [0, 0.1) is 11.8 Å². The molecule has 0 aliphatic heterocycles. The number of nitrogen functional groups attached to an aromatic ring is 1. The predicted octanol–water partition coefficient (Wildman–Crippen LogP) is 2.73. The van der Waals surface area contributed by atoms with Gasteiger partial charge in [-0.05, 0) is 11.6 Å². The molecule has 0 unspecified atom stereocenters. The van der Waals surface area contributed by atoms with Gasteiger partial charge >= 0.3 is 6.18 Å². The van der Waals surface area contributed by atoms with E-state index in [0.717, 1.165) is 6.07 Å². The lowest BCUT2D eigenvalue weighted by Crippen LogP contribution is -2.07. The van der Waals surface area contributed by atoms with E-state index in [4.69, 9.17) is 11.3 Å². The molecule has 18 heavy (non-hydrogen) atoms. The maximum Gasteiger partial charge on any atom is 0.417 e. The van der Waals surface area contributed by atoms with Gasteiger partial charge in [-0.25, -0.2) is 4.98 Å². The first-order valence-corrected chi connectivity index (χ1v) is 4.77. The summed E-state index contributed by atoms with van der Waals surface area (Å²) in [6.07, 6.45) is -3.59. The summed E-state index contributed by atoms with van der Waals surface area (Å²) in [5.74, 6) is 4.95.